The lowest BCUT2D eigenvalue weighted by atomic mass is 9.90. The van der Waals surface area contributed by atoms with Crippen molar-refractivity contribution in [3.05, 3.63) is 22.6 Å². The first-order valence-corrected chi connectivity index (χ1v) is 6.68. The van der Waals surface area contributed by atoms with Gasteiger partial charge in [0.2, 0.25) is 5.76 Å². The van der Waals surface area contributed by atoms with E-state index in [9.17, 15) is 4.79 Å². The third-order valence-electron chi connectivity index (χ3n) is 3.43. The Morgan fingerprint density at radius 2 is 2.39 bits per heavy atom. The molecule has 102 valence electrons. The highest BCUT2D eigenvalue weighted by molar-refractivity contribution is 9.10. The van der Waals surface area contributed by atoms with Crippen LogP contribution < -0.4 is 5.73 Å². The highest BCUT2D eigenvalue weighted by Gasteiger charge is 2.33. The number of nitrogens with zero attached hydrogens (tertiary/aromatic N) is 1. The zero-order valence-electron chi connectivity index (χ0n) is 10.3. The minimum absolute atomic E-state index is 0. The molecule has 0 bridgehead atoms. The number of carbonyl (C=O) groups is 1. The zero-order chi connectivity index (χ0) is 12.4. The van der Waals surface area contributed by atoms with Crippen LogP contribution in [0.3, 0.4) is 0 Å². The van der Waals surface area contributed by atoms with Crippen LogP contribution >= 0.6 is 28.3 Å². The monoisotopic (exact) mass is 336 g/mol. The molecule has 2 unspecified atom stereocenters. The maximum absolute atomic E-state index is 12.3. The number of carbonyl (C=O) groups excluding carboxylic acids is 1. The van der Waals surface area contributed by atoms with E-state index in [2.05, 4.69) is 22.9 Å². The van der Waals surface area contributed by atoms with Gasteiger partial charge < -0.3 is 15.1 Å². The van der Waals surface area contributed by atoms with E-state index in [1.165, 1.54) is 6.26 Å². The van der Waals surface area contributed by atoms with Gasteiger partial charge in [-0.25, -0.2) is 0 Å². The highest BCUT2D eigenvalue weighted by Crippen LogP contribution is 2.27. The molecule has 18 heavy (non-hydrogen) atoms. The average Bonchev–Trinajstić information content (AvgIpc) is 2.74. The minimum atomic E-state index is -0.0659. The Labute approximate surface area is 121 Å². The SMILES string of the molecule is CC1CCCN(C(=O)c2occc2Br)C1CN.Cl. The summed E-state index contributed by atoms with van der Waals surface area (Å²) in [5.74, 6) is 0.757. The van der Waals surface area contributed by atoms with Gasteiger partial charge >= 0.3 is 0 Å². The molecule has 0 aromatic carbocycles. The van der Waals surface area contributed by atoms with Crippen LogP contribution in [0.4, 0.5) is 0 Å². The van der Waals surface area contributed by atoms with Gasteiger partial charge in [0.15, 0.2) is 0 Å². The van der Waals surface area contributed by atoms with E-state index in [1.54, 1.807) is 6.07 Å². The molecule has 1 aromatic rings. The number of likely N-dealkylation sites (tertiary alicyclic amines) is 1. The molecule has 1 aliphatic rings. The van der Waals surface area contributed by atoms with Gasteiger partial charge in [-0.1, -0.05) is 6.92 Å². The number of nitrogens with two attached hydrogens (primary N) is 1. The van der Waals surface area contributed by atoms with Crippen LogP contribution in [0, 0.1) is 5.92 Å². The van der Waals surface area contributed by atoms with E-state index in [1.807, 2.05) is 4.90 Å². The molecule has 1 saturated heterocycles. The number of halogens is 2. The minimum Gasteiger partial charge on any atom is -0.458 e. The summed E-state index contributed by atoms with van der Waals surface area (Å²) in [6.07, 6.45) is 3.68. The molecule has 1 fully saturated rings. The predicted molar refractivity (Wildman–Crippen MR) is 75.9 cm³/mol. The number of piperidine rings is 1. The molecule has 2 atom stereocenters. The molecule has 1 aliphatic heterocycles. The second kappa shape index (κ2) is 6.59. The van der Waals surface area contributed by atoms with Gasteiger partial charge in [-0.3, -0.25) is 4.79 Å². The van der Waals surface area contributed by atoms with Crippen LogP contribution in [0.25, 0.3) is 0 Å². The van der Waals surface area contributed by atoms with Crippen LogP contribution in [-0.2, 0) is 0 Å². The summed E-state index contributed by atoms with van der Waals surface area (Å²) >= 11 is 3.32. The van der Waals surface area contributed by atoms with Crippen LogP contribution in [0.1, 0.15) is 30.3 Å². The topological polar surface area (TPSA) is 59.5 Å². The maximum Gasteiger partial charge on any atom is 0.291 e. The number of rotatable bonds is 2. The van der Waals surface area contributed by atoms with Gasteiger partial charge in [-0.15, -0.1) is 12.4 Å². The third-order valence-corrected chi connectivity index (χ3v) is 4.05. The van der Waals surface area contributed by atoms with Gasteiger partial charge in [-0.05, 0) is 40.8 Å². The smallest absolute Gasteiger partial charge is 0.291 e. The summed E-state index contributed by atoms with van der Waals surface area (Å²) in [6.45, 7) is 3.41. The molecular weight excluding hydrogens is 320 g/mol. The molecule has 2 N–H and O–H groups in total. The second-order valence-electron chi connectivity index (χ2n) is 4.52. The molecule has 2 heterocycles. The summed E-state index contributed by atoms with van der Waals surface area (Å²) in [7, 11) is 0. The molecule has 2 rings (SSSR count). The third kappa shape index (κ3) is 2.90. The molecule has 0 saturated carbocycles. The average molecular weight is 338 g/mol. The lowest BCUT2D eigenvalue weighted by Gasteiger charge is -2.39. The number of hydrogen-bond acceptors (Lipinski definition) is 3. The summed E-state index contributed by atoms with van der Waals surface area (Å²) in [4.78, 5) is 14.2. The summed E-state index contributed by atoms with van der Waals surface area (Å²) < 4.78 is 5.93. The summed E-state index contributed by atoms with van der Waals surface area (Å²) in [5.41, 5.74) is 5.78. The van der Waals surface area contributed by atoms with Crippen molar-refractivity contribution in [2.75, 3.05) is 13.1 Å². The van der Waals surface area contributed by atoms with Crippen LogP contribution in [-0.4, -0.2) is 29.9 Å². The Morgan fingerprint density at radius 1 is 1.67 bits per heavy atom. The van der Waals surface area contributed by atoms with Gasteiger partial charge in [0.05, 0.1) is 10.7 Å². The van der Waals surface area contributed by atoms with Gasteiger partial charge in [0, 0.05) is 19.1 Å². The fourth-order valence-corrected chi connectivity index (χ4v) is 2.81. The lowest BCUT2D eigenvalue weighted by molar-refractivity contribution is 0.0500. The van der Waals surface area contributed by atoms with Crippen molar-refractivity contribution in [3.63, 3.8) is 0 Å². The number of amides is 1. The first kappa shape index (κ1) is 15.5. The molecule has 4 nitrogen and oxygen atoms in total. The molecular formula is C12H18BrClN2O2. The van der Waals surface area contributed by atoms with Crippen molar-refractivity contribution in [2.24, 2.45) is 11.7 Å². The number of furan rings is 1. The number of hydrogen-bond donors (Lipinski definition) is 1. The second-order valence-corrected chi connectivity index (χ2v) is 5.37. The summed E-state index contributed by atoms with van der Waals surface area (Å²) in [6, 6.07) is 1.85. The van der Waals surface area contributed by atoms with E-state index in [4.69, 9.17) is 10.2 Å². The van der Waals surface area contributed by atoms with E-state index in [0.717, 1.165) is 19.4 Å². The first-order valence-electron chi connectivity index (χ1n) is 5.89. The van der Waals surface area contributed by atoms with Crippen molar-refractivity contribution in [2.45, 2.75) is 25.8 Å². The van der Waals surface area contributed by atoms with Crippen LogP contribution in [0.5, 0.6) is 0 Å². The fourth-order valence-electron chi connectivity index (χ4n) is 2.44. The van der Waals surface area contributed by atoms with Crippen molar-refractivity contribution < 1.29 is 9.21 Å². The quantitative estimate of drug-likeness (QED) is 0.902. The summed E-state index contributed by atoms with van der Waals surface area (Å²) in [5, 5.41) is 0. The Bertz CT molecular complexity index is 411. The Balaban J connectivity index is 0.00000162. The van der Waals surface area contributed by atoms with Crippen molar-refractivity contribution in [3.8, 4) is 0 Å². The van der Waals surface area contributed by atoms with Gasteiger partial charge in [-0.2, -0.15) is 0 Å². The molecule has 0 aliphatic carbocycles. The molecule has 0 spiro atoms. The van der Waals surface area contributed by atoms with Gasteiger partial charge in [0.1, 0.15) is 0 Å². The standard InChI is InChI=1S/C12H17BrN2O2.ClH/c1-8-3-2-5-15(10(8)7-14)12(16)11-9(13)4-6-17-11;/h4,6,8,10H,2-3,5,7,14H2,1H3;1H. The molecule has 6 heteroatoms. The molecule has 0 radical (unpaired) electrons. The van der Waals surface area contributed by atoms with Gasteiger partial charge in [0.25, 0.3) is 5.91 Å². The molecule has 1 amide bonds. The zero-order valence-corrected chi connectivity index (χ0v) is 12.7. The van der Waals surface area contributed by atoms with E-state index < -0.39 is 0 Å². The fraction of sp³-hybridized carbons (Fsp3) is 0.583. The lowest BCUT2D eigenvalue weighted by Crippen LogP contribution is -2.51. The van der Waals surface area contributed by atoms with Crippen LogP contribution in [0.15, 0.2) is 21.2 Å². The normalized spacial score (nSPS) is 23.6. The first-order chi connectivity index (χ1) is 8.15. The Kier molecular flexibility index (Phi) is 5.69. The van der Waals surface area contributed by atoms with E-state index in [0.29, 0.717) is 22.7 Å². The van der Waals surface area contributed by atoms with Crippen molar-refractivity contribution >= 4 is 34.2 Å². The Hall–Kier alpha value is -0.520. The largest absolute Gasteiger partial charge is 0.458 e. The van der Waals surface area contributed by atoms with Crippen molar-refractivity contribution in [1.29, 1.82) is 0 Å². The Morgan fingerprint density at radius 3 is 2.94 bits per heavy atom. The van der Waals surface area contributed by atoms with E-state index >= 15 is 0 Å². The van der Waals surface area contributed by atoms with Crippen LogP contribution in [0.2, 0.25) is 0 Å². The van der Waals surface area contributed by atoms with E-state index in [-0.39, 0.29) is 24.4 Å². The highest BCUT2D eigenvalue weighted by atomic mass is 79.9. The molecule has 1 aromatic heterocycles. The maximum atomic E-state index is 12.3. The van der Waals surface area contributed by atoms with Crippen molar-refractivity contribution in [1.82, 2.24) is 4.90 Å². The predicted octanol–water partition coefficient (Wildman–Crippen LogP) is 2.66.